The first-order valence-electron chi connectivity index (χ1n) is 8.98. The number of nitrogens with one attached hydrogen (secondary N) is 2. The second-order valence-electron chi connectivity index (χ2n) is 5.58. The molecule has 1 aromatic carbocycles. The molecule has 0 aliphatic heterocycles. The highest BCUT2D eigenvalue weighted by molar-refractivity contribution is 14.0. The van der Waals surface area contributed by atoms with Gasteiger partial charge in [-0.15, -0.1) is 24.0 Å². The summed E-state index contributed by atoms with van der Waals surface area (Å²) < 4.78 is 11.0. The maximum Gasteiger partial charge on any atom is 0.191 e. The van der Waals surface area contributed by atoms with Gasteiger partial charge in [0.2, 0.25) is 0 Å². The molecule has 0 aromatic heterocycles. The second kappa shape index (κ2) is 16.6. The smallest absolute Gasteiger partial charge is 0.191 e. The van der Waals surface area contributed by atoms with Gasteiger partial charge in [0.25, 0.3) is 0 Å². The molecule has 0 bridgehead atoms. The molecule has 25 heavy (non-hydrogen) atoms. The number of aliphatic imine (C=N–C) groups is 1. The van der Waals surface area contributed by atoms with Crippen molar-refractivity contribution in [3.8, 4) is 0 Å². The lowest BCUT2D eigenvalue weighted by Crippen LogP contribution is -2.37. The molecule has 0 fully saturated rings. The maximum atomic E-state index is 5.67. The zero-order valence-electron chi connectivity index (χ0n) is 15.8. The minimum atomic E-state index is 0. The highest BCUT2D eigenvalue weighted by atomic mass is 127. The van der Waals surface area contributed by atoms with Crippen LogP contribution < -0.4 is 10.6 Å². The maximum absolute atomic E-state index is 5.67. The summed E-state index contributed by atoms with van der Waals surface area (Å²) >= 11 is 0. The van der Waals surface area contributed by atoms with Gasteiger partial charge >= 0.3 is 0 Å². The van der Waals surface area contributed by atoms with Crippen molar-refractivity contribution < 1.29 is 9.47 Å². The lowest BCUT2D eigenvalue weighted by molar-refractivity contribution is 0.121. The van der Waals surface area contributed by atoms with Crippen LogP contribution in [-0.2, 0) is 22.6 Å². The van der Waals surface area contributed by atoms with Crippen LogP contribution in [-0.4, -0.2) is 39.4 Å². The molecule has 0 aliphatic rings. The number of hydrogen-bond donors (Lipinski definition) is 2. The van der Waals surface area contributed by atoms with Crippen molar-refractivity contribution in [3.63, 3.8) is 0 Å². The van der Waals surface area contributed by atoms with Crippen molar-refractivity contribution in [3.05, 3.63) is 35.4 Å². The van der Waals surface area contributed by atoms with Gasteiger partial charge in [0.15, 0.2) is 5.96 Å². The molecule has 1 aromatic rings. The van der Waals surface area contributed by atoms with E-state index >= 15 is 0 Å². The van der Waals surface area contributed by atoms with E-state index in [0.29, 0.717) is 6.61 Å². The number of unbranched alkanes of at least 4 members (excludes halogenated alkanes) is 1. The van der Waals surface area contributed by atoms with E-state index in [1.54, 1.807) is 7.05 Å². The third kappa shape index (κ3) is 11.4. The minimum Gasteiger partial charge on any atom is -0.382 e. The predicted octanol–water partition coefficient (Wildman–Crippen LogP) is 3.71. The van der Waals surface area contributed by atoms with Gasteiger partial charge in [0, 0.05) is 40.0 Å². The van der Waals surface area contributed by atoms with Crippen LogP contribution in [0.2, 0.25) is 0 Å². The molecular weight excluding hydrogens is 429 g/mol. The summed E-state index contributed by atoms with van der Waals surface area (Å²) in [4.78, 5) is 4.27. The SMILES string of the molecule is CCCOCc1ccccc1CNC(=NC)NCCCCOCC.I. The predicted molar refractivity (Wildman–Crippen MR) is 116 cm³/mol. The Morgan fingerprint density at radius 2 is 1.76 bits per heavy atom. The fourth-order valence-corrected chi connectivity index (χ4v) is 2.28. The third-order valence-electron chi connectivity index (χ3n) is 3.61. The van der Waals surface area contributed by atoms with Crippen LogP contribution >= 0.6 is 24.0 Å². The molecular formula is C19H34IN3O2. The highest BCUT2D eigenvalue weighted by Crippen LogP contribution is 2.10. The molecule has 0 spiro atoms. The van der Waals surface area contributed by atoms with Crippen molar-refractivity contribution in [2.24, 2.45) is 4.99 Å². The Bertz CT molecular complexity index is 470. The molecule has 0 saturated heterocycles. The van der Waals surface area contributed by atoms with E-state index in [1.807, 2.05) is 6.92 Å². The Morgan fingerprint density at radius 1 is 1.00 bits per heavy atom. The third-order valence-corrected chi connectivity index (χ3v) is 3.61. The number of guanidine groups is 1. The Labute approximate surface area is 170 Å². The fourth-order valence-electron chi connectivity index (χ4n) is 2.28. The van der Waals surface area contributed by atoms with E-state index < -0.39 is 0 Å². The lowest BCUT2D eigenvalue weighted by atomic mass is 10.1. The Morgan fingerprint density at radius 3 is 2.44 bits per heavy atom. The molecule has 6 heteroatoms. The largest absolute Gasteiger partial charge is 0.382 e. The molecule has 1 rings (SSSR count). The van der Waals surface area contributed by atoms with Crippen LogP contribution in [0.4, 0.5) is 0 Å². The van der Waals surface area contributed by atoms with Crippen LogP contribution in [0.1, 0.15) is 44.2 Å². The molecule has 5 nitrogen and oxygen atoms in total. The van der Waals surface area contributed by atoms with E-state index in [9.17, 15) is 0 Å². The number of nitrogens with zero attached hydrogens (tertiary/aromatic N) is 1. The standard InChI is InChI=1S/C19H33N3O2.HI/c1-4-13-24-16-18-11-7-6-10-17(18)15-22-19(20-3)21-12-8-9-14-23-5-2;/h6-7,10-11H,4-5,8-9,12-16H2,1-3H3,(H2,20,21,22);1H. The summed E-state index contributed by atoms with van der Waals surface area (Å²) in [6, 6.07) is 8.37. The van der Waals surface area contributed by atoms with Crippen molar-refractivity contribution >= 4 is 29.9 Å². The number of benzene rings is 1. The number of hydrogen-bond acceptors (Lipinski definition) is 3. The number of halogens is 1. The molecule has 0 aliphatic carbocycles. The zero-order chi connectivity index (χ0) is 17.5. The van der Waals surface area contributed by atoms with E-state index in [0.717, 1.165) is 58.1 Å². The molecule has 0 saturated carbocycles. The van der Waals surface area contributed by atoms with Crippen molar-refractivity contribution in [2.45, 2.75) is 46.3 Å². The number of ether oxygens (including phenoxy) is 2. The molecule has 0 radical (unpaired) electrons. The normalized spacial score (nSPS) is 11.1. The number of rotatable bonds is 12. The Kier molecular flexibility index (Phi) is 16.0. The first-order valence-corrected chi connectivity index (χ1v) is 8.98. The van der Waals surface area contributed by atoms with Crippen LogP contribution in [0.5, 0.6) is 0 Å². The van der Waals surface area contributed by atoms with Gasteiger partial charge in [0.1, 0.15) is 0 Å². The van der Waals surface area contributed by atoms with Crippen molar-refractivity contribution in [2.75, 3.05) is 33.4 Å². The van der Waals surface area contributed by atoms with Gasteiger partial charge in [-0.1, -0.05) is 31.2 Å². The van der Waals surface area contributed by atoms with Gasteiger partial charge in [0.05, 0.1) is 6.61 Å². The minimum absolute atomic E-state index is 0. The van der Waals surface area contributed by atoms with E-state index in [2.05, 4.69) is 46.8 Å². The summed E-state index contributed by atoms with van der Waals surface area (Å²) in [6.07, 6.45) is 3.18. The first-order chi connectivity index (χ1) is 11.8. The Balaban J connectivity index is 0.00000576. The van der Waals surface area contributed by atoms with Gasteiger partial charge < -0.3 is 20.1 Å². The van der Waals surface area contributed by atoms with Crippen molar-refractivity contribution in [1.82, 2.24) is 10.6 Å². The van der Waals surface area contributed by atoms with Crippen LogP contribution in [0, 0.1) is 0 Å². The topological polar surface area (TPSA) is 54.9 Å². The van der Waals surface area contributed by atoms with Crippen LogP contribution in [0.25, 0.3) is 0 Å². The first kappa shape index (κ1) is 24.1. The molecule has 0 atom stereocenters. The molecule has 0 unspecified atom stereocenters. The van der Waals surface area contributed by atoms with E-state index in [4.69, 9.17) is 9.47 Å². The highest BCUT2D eigenvalue weighted by Gasteiger charge is 2.03. The summed E-state index contributed by atoms with van der Waals surface area (Å²) in [5.74, 6) is 0.829. The van der Waals surface area contributed by atoms with Crippen LogP contribution in [0.15, 0.2) is 29.3 Å². The summed E-state index contributed by atoms with van der Waals surface area (Å²) in [5.41, 5.74) is 2.47. The average Bonchev–Trinajstić information content (AvgIpc) is 2.61. The molecule has 144 valence electrons. The second-order valence-corrected chi connectivity index (χ2v) is 5.58. The molecule has 2 N–H and O–H groups in total. The summed E-state index contributed by atoms with van der Waals surface area (Å²) in [7, 11) is 1.80. The Hall–Kier alpha value is -0.860. The zero-order valence-corrected chi connectivity index (χ0v) is 18.2. The fraction of sp³-hybridized carbons (Fsp3) is 0.632. The molecule has 0 amide bonds. The summed E-state index contributed by atoms with van der Waals surface area (Å²) in [6.45, 7) is 8.86. The molecule has 0 heterocycles. The monoisotopic (exact) mass is 463 g/mol. The summed E-state index contributed by atoms with van der Waals surface area (Å²) in [5, 5.41) is 6.71. The lowest BCUT2D eigenvalue weighted by Gasteiger charge is -2.14. The van der Waals surface area contributed by atoms with Gasteiger partial charge in [-0.05, 0) is 37.3 Å². The van der Waals surface area contributed by atoms with E-state index in [-0.39, 0.29) is 24.0 Å². The average molecular weight is 463 g/mol. The van der Waals surface area contributed by atoms with Gasteiger partial charge in [-0.2, -0.15) is 0 Å². The van der Waals surface area contributed by atoms with Gasteiger partial charge in [-0.3, -0.25) is 4.99 Å². The van der Waals surface area contributed by atoms with E-state index in [1.165, 1.54) is 11.1 Å². The van der Waals surface area contributed by atoms with Gasteiger partial charge in [-0.25, -0.2) is 0 Å². The van der Waals surface area contributed by atoms with Crippen molar-refractivity contribution in [1.29, 1.82) is 0 Å². The van der Waals surface area contributed by atoms with Crippen LogP contribution in [0.3, 0.4) is 0 Å². The quantitative estimate of drug-likeness (QED) is 0.215.